The highest BCUT2D eigenvalue weighted by Crippen LogP contribution is 2.30. The molecule has 4 nitrogen and oxygen atoms in total. The zero-order chi connectivity index (χ0) is 14.8. The molecular weight excluding hydrogens is 332 g/mol. The quantitative estimate of drug-likeness (QED) is 0.877. The molecule has 2 aromatic rings. The Morgan fingerprint density at radius 3 is 2.71 bits per heavy atom. The van der Waals surface area contributed by atoms with E-state index in [1.165, 1.54) is 0 Å². The number of hydrogen-bond donors (Lipinski definition) is 2. The van der Waals surface area contributed by atoms with Crippen molar-refractivity contribution in [3.8, 4) is 0 Å². The normalized spacial score (nSPS) is 18.3. The van der Waals surface area contributed by atoms with Crippen LogP contribution in [0.1, 0.15) is 12.8 Å². The Hall–Kier alpha value is -1.88. The summed E-state index contributed by atoms with van der Waals surface area (Å²) in [6.07, 6.45) is 0.951. The Balaban J connectivity index is 1.86. The first-order valence-corrected chi connectivity index (χ1v) is 7.69. The molecule has 0 bridgehead atoms. The van der Waals surface area contributed by atoms with Crippen molar-refractivity contribution in [1.82, 2.24) is 5.32 Å². The molecule has 0 aliphatic carbocycles. The fraction of sp³-hybridized carbons (Fsp3) is 0.250. The molecule has 3 rings (SSSR count). The van der Waals surface area contributed by atoms with Crippen molar-refractivity contribution in [2.24, 2.45) is 5.92 Å². The first kappa shape index (κ1) is 14.1. The third-order valence-electron chi connectivity index (χ3n) is 3.75. The van der Waals surface area contributed by atoms with E-state index < -0.39 is 0 Å². The maximum absolute atomic E-state index is 12.3. The summed E-state index contributed by atoms with van der Waals surface area (Å²) in [6.45, 7) is 0.567. The van der Waals surface area contributed by atoms with E-state index in [2.05, 4.69) is 26.6 Å². The van der Waals surface area contributed by atoms with E-state index in [-0.39, 0.29) is 24.2 Å². The summed E-state index contributed by atoms with van der Waals surface area (Å²) >= 11 is 3.52. The number of benzene rings is 2. The van der Waals surface area contributed by atoms with Crippen LogP contribution in [-0.4, -0.2) is 18.4 Å². The highest BCUT2D eigenvalue weighted by molar-refractivity contribution is 9.10. The molecule has 0 aromatic heterocycles. The van der Waals surface area contributed by atoms with Gasteiger partial charge in [0.25, 0.3) is 0 Å². The summed E-state index contributed by atoms with van der Waals surface area (Å²) < 4.78 is 0.994. The average Bonchev–Trinajstić information content (AvgIpc) is 2.50. The Morgan fingerprint density at radius 1 is 1.19 bits per heavy atom. The molecule has 0 unspecified atom stereocenters. The average molecular weight is 347 g/mol. The van der Waals surface area contributed by atoms with Gasteiger partial charge in [-0.2, -0.15) is 0 Å². The minimum absolute atomic E-state index is 0.0536. The van der Waals surface area contributed by atoms with Gasteiger partial charge in [-0.05, 0) is 23.9 Å². The lowest BCUT2D eigenvalue weighted by molar-refractivity contribution is -0.129. The lowest BCUT2D eigenvalue weighted by Crippen LogP contribution is -2.38. The van der Waals surface area contributed by atoms with E-state index in [1.54, 1.807) is 0 Å². The highest BCUT2D eigenvalue weighted by atomic mass is 79.9. The largest absolute Gasteiger partial charge is 0.356 e. The zero-order valence-corrected chi connectivity index (χ0v) is 12.9. The predicted octanol–water partition coefficient (Wildman–Crippen LogP) is 3.07. The maximum atomic E-state index is 12.3. The van der Waals surface area contributed by atoms with Crippen molar-refractivity contribution >= 4 is 44.2 Å². The third-order valence-corrected chi connectivity index (χ3v) is 4.44. The Morgan fingerprint density at radius 2 is 1.95 bits per heavy atom. The van der Waals surface area contributed by atoms with Crippen molar-refractivity contribution in [3.05, 3.63) is 40.9 Å². The van der Waals surface area contributed by atoms with E-state index in [0.29, 0.717) is 13.0 Å². The minimum atomic E-state index is -0.249. The van der Waals surface area contributed by atoms with Gasteiger partial charge in [-0.25, -0.2) is 0 Å². The molecule has 0 saturated carbocycles. The van der Waals surface area contributed by atoms with E-state index in [0.717, 1.165) is 20.9 Å². The van der Waals surface area contributed by atoms with Crippen LogP contribution in [0.2, 0.25) is 0 Å². The molecule has 21 heavy (non-hydrogen) atoms. The number of anilines is 1. The van der Waals surface area contributed by atoms with Crippen molar-refractivity contribution in [3.63, 3.8) is 0 Å². The molecule has 2 amide bonds. The molecule has 2 N–H and O–H groups in total. The standard InChI is InChI=1S/C16H15BrN2O2/c17-13-5-6-14(12-4-2-1-3-11(12)13)19-16(21)10-7-8-18-15(20)9-10/h1-6,10H,7-9H2,(H,18,20)(H,19,21)/t10-/m1/s1. The van der Waals surface area contributed by atoms with Crippen molar-refractivity contribution in [2.75, 3.05) is 11.9 Å². The highest BCUT2D eigenvalue weighted by Gasteiger charge is 2.25. The van der Waals surface area contributed by atoms with Gasteiger partial charge in [-0.15, -0.1) is 0 Å². The van der Waals surface area contributed by atoms with Gasteiger partial charge in [0.1, 0.15) is 0 Å². The molecule has 0 spiro atoms. The molecule has 0 radical (unpaired) electrons. The summed E-state index contributed by atoms with van der Waals surface area (Å²) in [4.78, 5) is 23.7. The summed E-state index contributed by atoms with van der Waals surface area (Å²) in [5, 5.41) is 7.74. The fourth-order valence-corrected chi connectivity index (χ4v) is 3.09. The first-order valence-electron chi connectivity index (χ1n) is 6.90. The second-order valence-corrected chi connectivity index (χ2v) is 6.02. The lowest BCUT2D eigenvalue weighted by atomic mass is 9.96. The number of fused-ring (bicyclic) bond motifs is 1. The van der Waals surface area contributed by atoms with E-state index in [1.807, 2.05) is 36.4 Å². The van der Waals surface area contributed by atoms with E-state index >= 15 is 0 Å². The second kappa shape index (κ2) is 5.85. The molecule has 5 heteroatoms. The van der Waals surface area contributed by atoms with Gasteiger partial charge < -0.3 is 10.6 Å². The fourth-order valence-electron chi connectivity index (χ4n) is 2.61. The number of rotatable bonds is 2. The van der Waals surface area contributed by atoms with Crippen LogP contribution >= 0.6 is 15.9 Å². The SMILES string of the molecule is O=C1C[C@H](C(=O)Nc2ccc(Br)c3ccccc23)CCN1. The van der Waals surface area contributed by atoms with Gasteiger partial charge in [0.15, 0.2) is 0 Å². The molecule has 1 saturated heterocycles. The molecule has 1 aliphatic rings. The van der Waals surface area contributed by atoms with Crippen LogP contribution in [0, 0.1) is 5.92 Å². The molecular formula is C16H15BrN2O2. The van der Waals surface area contributed by atoms with Gasteiger partial charge in [-0.1, -0.05) is 40.2 Å². The maximum Gasteiger partial charge on any atom is 0.228 e. The van der Waals surface area contributed by atoms with Crippen LogP contribution in [0.3, 0.4) is 0 Å². The first-order chi connectivity index (χ1) is 10.1. The number of halogens is 1. The molecule has 1 heterocycles. The zero-order valence-electron chi connectivity index (χ0n) is 11.4. The molecule has 1 atom stereocenters. The van der Waals surface area contributed by atoms with Gasteiger partial charge in [0, 0.05) is 34.4 Å². The van der Waals surface area contributed by atoms with Crippen LogP contribution in [0.5, 0.6) is 0 Å². The third kappa shape index (κ3) is 2.93. The monoisotopic (exact) mass is 346 g/mol. The van der Waals surface area contributed by atoms with Crippen LogP contribution in [0.25, 0.3) is 10.8 Å². The van der Waals surface area contributed by atoms with Crippen molar-refractivity contribution in [1.29, 1.82) is 0 Å². The summed E-state index contributed by atoms with van der Waals surface area (Å²) in [5.41, 5.74) is 0.782. The number of nitrogens with one attached hydrogen (secondary N) is 2. The smallest absolute Gasteiger partial charge is 0.228 e. The Labute approximate surface area is 131 Å². The van der Waals surface area contributed by atoms with Gasteiger partial charge >= 0.3 is 0 Å². The molecule has 1 aliphatic heterocycles. The van der Waals surface area contributed by atoms with Crippen LogP contribution in [0.15, 0.2) is 40.9 Å². The number of piperidine rings is 1. The summed E-state index contributed by atoms with van der Waals surface area (Å²) in [6, 6.07) is 11.7. The number of carbonyl (C=O) groups is 2. The number of carbonyl (C=O) groups excluding carboxylic acids is 2. The van der Waals surface area contributed by atoms with Crippen molar-refractivity contribution < 1.29 is 9.59 Å². The van der Waals surface area contributed by atoms with Gasteiger partial charge in [0.05, 0.1) is 0 Å². The summed E-state index contributed by atoms with van der Waals surface area (Å²) in [5.74, 6) is -0.388. The van der Waals surface area contributed by atoms with Crippen LogP contribution in [0.4, 0.5) is 5.69 Å². The van der Waals surface area contributed by atoms with Crippen LogP contribution < -0.4 is 10.6 Å². The minimum Gasteiger partial charge on any atom is -0.356 e. The number of amides is 2. The predicted molar refractivity (Wildman–Crippen MR) is 86.0 cm³/mol. The van der Waals surface area contributed by atoms with Crippen LogP contribution in [-0.2, 0) is 9.59 Å². The molecule has 1 fully saturated rings. The number of hydrogen-bond acceptors (Lipinski definition) is 2. The van der Waals surface area contributed by atoms with Gasteiger partial charge in [0.2, 0.25) is 11.8 Å². The van der Waals surface area contributed by atoms with Crippen molar-refractivity contribution in [2.45, 2.75) is 12.8 Å². The molecule has 2 aromatic carbocycles. The van der Waals surface area contributed by atoms with E-state index in [4.69, 9.17) is 0 Å². The lowest BCUT2D eigenvalue weighted by Gasteiger charge is -2.21. The van der Waals surface area contributed by atoms with E-state index in [9.17, 15) is 9.59 Å². The van der Waals surface area contributed by atoms with Gasteiger partial charge in [-0.3, -0.25) is 9.59 Å². The Kier molecular flexibility index (Phi) is 3.92. The summed E-state index contributed by atoms with van der Waals surface area (Å²) in [7, 11) is 0. The molecule has 108 valence electrons. The second-order valence-electron chi connectivity index (χ2n) is 5.17. The topological polar surface area (TPSA) is 58.2 Å². The Bertz CT molecular complexity index is 714.